The Bertz CT molecular complexity index is 269. The second kappa shape index (κ2) is 7.36. The van der Waals surface area contributed by atoms with Crippen LogP contribution in [0.4, 0.5) is 0 Å². The topological polar surface area (TPSA) is 49.8 Å². The number of nitrogens with zero attached hydrogens (tertiary/aromatic N) is 1. The molecule has 1 saturated heterocycles. The molecule has 19 heavy (non-hydrogen) atoms. The quantitative estimate of drug-likeness (QED) is 0.744. The van der Waals surface area contributed by atoms with E-state index in [-0.39, 0.29) is 12.0 Å². The fourth-order valence-electron chi connectivity index (χ4n) is 3.47. The summed E-state index contributed by atoms with van der Waals surface area (Å²) in [6.07, 6.45) is 9.39. The van der Waals surface area contributed by atoms with Gasteiger partial charge in [-0.05, 0) is 25.7 Å². The van der Waals surface area contributed by atoms with Gasteiger partial charge in [-0.1, -0.05) is 19.3 Å². The Morgan fingerprint density at radius 1 is 1.21 bits per heavy atom. The van der Waals surface area contributed by atoms with Crippen molar-refractivity contribution in [2.75, 3.05) is 32.8 Å². The summed E-state index contributed by atoms with van der Waals surface area (Å²) >= 11 is 0. The Balaban J connectivity index is 1.76. The zero-order valence-corrected chi connectivity index (χ0v) is 11.9. The van der Waals surface area contributed by atoms with Gasteiger partial charge in [0.15, 0.2) is 0 Å². The standard InChI is InChI=1S/C15H27NO3/c17-10-11-19-14-4-8-16(9-5-14)12-15(13-18)6-2-1-3-7-15/h13-14,17H,1-12H2. The van der Waals surface area contributed by atoms with E-state index in [1.54, 1.807) is 0 Å². The van der Waals surface area contributed by atoms with Crippen molar-refractivity contribution in [3.05, 3.63) is 0 Å². The van der Waals surface area contributed by atoms with Gasteiger partial charge in [0.05, 0.1) is 19.3 Å². The maximum absolute atomic E-state index is 11.5. The number of hydrogen-bond donors (Lipinski definition) is 1. The lowest BCUT2D eigenvalue weighted by atomic mass is 9.74. The summed E-state index contributed by atoms with van der Waals surface area (Å²) in [6.45, 7) is 3.53. The highest BCUT2D eigenvalue weighted by Crippen LogP contribution is 2.35. The largest absolute Gasteiger partial charge is 0.394 e. The molecule has 1 aliphatic heterocycles. The van der Waals surface area contributed by atoms with Crippen LogP contribution < -0.4 is 0 Å². The van der Waals surface area contributed by atoms with E-state index < -0.39 is 0 Å². The molecule has 1 heterocycles. The maximum Gasteiger partial charge on any atom is 0.127 e. The van der Waals surface area contributed by atoms with Gasteiger partial charge in [0.1, 0.15) is 6.29 Å². The van der Waals surface area contributed by atoms with Gasteiger partial charge < -0.3 is 19.5 Å². The number of aldehydes is 1. The number of aliphatic hydroxyl groups excluding tert-OH is 1. The van der Waals surface area contributed by atoms with Crippen LogP contribution in [0.25, 0.3) is 0 Å². The van der Waals surface area contributed by atoms with E-state index in [1.807, 2.05) is 0 Å². The summed E-state index contributed by atoms with van der Waals surface area (Å²) in [7, 11) is 0. The van der Waals surface area contributed by atoms with Crippen molar-refractivity contribution in [2.45, 2.75) is 51.0 Å². The number of carbonyl (C=O) groups excluding carboxylic acids is 1. The van der Waals surface area contributed by atoms with Gasteiger partial charge in [0.25, 0.3) is 0 Å². The smallest absolute Gasteiger partial charge is 0.127 e. The van der Waals surface area contributed by atoms with E-state index in [2.05, 4.69) is 4.90 Å². The Morgan fingerprint density at radius 3 is 2.47 bits per heavy atom. The minimum absolute atomic E-state index is 0.0724. The number of piperidine rings is 1. The summed E-state index contributed by atoms with van der Waals surface area (Å²) in [4.78, 5) is 13.9. The van der Waals surface area contributed by atoms with Gasteiger partial charge in [-0.15, -0.1) is 0 Å². The number of hydrogen-bond acceptors (Lipinski definition) is 4. The predicted octanol–water partition coefficient (Wildman–Crippen LogP) is 1.61. The van der Waals surface area contributed by atoms with Crippen LogP contribution in [-0.2, 0) is 9.53 Å². The molecular weight excluding hydrogens is 242 g/mol. The average molecular weight is 269 g/mol. The first-order chi connectivity index (χ1) is 9.28. The second-order valence-electron chi connectivity index (χ2n) is 6.11. The van der Waals surface area contributed by atoms with Crippen molar-refractivity contribution in [2.24, 2.45) is 5.41 Å². The van der Waals surface area contributed by atoms with Crippen molar-refractivity contribution >= 4 is 6.29 Å². The molecule has 0 atom stereocenters. The molecule has 0 amide bonds. The van der Waals surface area contributed by atoms with Crippen molar-refractivity contribution in [1.82, 2.24) is 4.90 Å². The number of aliphatic hydroxyl groups is 1. The molecule has 2 aliphatic rings. The summed E-state index contributed by atoms with van der Waals surface area (Å²) in [6, 6.07) is 0. The van der Waals surface area contributed by atoms with Crippen LogP contribution in [0.2, 0.25) is 0 Å². The molecule has 0 aromatic heterocycles. The minimum Gasteiger partial charge on any atom is -0.394 e. The first-order valence-corrected chi connectivity index (χ1v) is 7.69. The van der Waals surface area contributed by atoms with Crippen molar-refractivity contribution in [3.63, 3.8) is 0 Å². The Kier molecular flexibility index (Phi) is 5.79. The van der Waals surface area contributed by atoms with E-state index >= 15 is 0 Å². The normalized spacial score (nSPS) is 25.3. The third kappa shape index (κ3) is 4.26. The Hall–Kier alpha value is -0.450. The molecular formula is C15H27NO3. The van der Waals surface area contributed by atoms with Gasteiger partial charge in [-0.2, -0.15) is 0 Å². The lowest BCUT2D eigenvalue weighted by Crippen LogP contribution is -2.45. The Labute approximate surface area is 116 Å². The fraction of sp³-hybridized carbons (Fsp3) is 0.933. The highest BCUT2D eigenvalue weighted by Gasteiger charge is 2.34. The molecule has 0 unspecified atom stereocenters. The lowest BCUT2D eigenvalue weighted by molar-refractivity contribution is -0.119. The van der Waals surface area contributed by atoms with Crippen molar-refractivity contribution < 1.29 is 14.6 Å². The molecule has 110 valence electrons. The molecule has 1 N–H and O–H groups in total. The van der Waals surface area contributed by atoms with Gasteiger partial charge in [-0.25, -0.2) is 0 Å². The molecule has 0 spiro atoms. The number of ether oxygens (including phenoxy) is 1. The van der Waals surface area contributed by atoms with Crippen molar-refractivity contribution in [1.29, 1.82) is 0 Å². The maximum atomic E-state index is 11.5. The number of likely N-dealkylation sites (tertiary alicyclic amines) is 1. The van der Waals surface area contributed by atoms with Crippen molar-refractivity contribution in [3.8, 4) is 0 Å². The second-order valence-corrected chi connectivity index (χ2v) is 6.11. The molecule has 2 fully saturated rings. The molecule has 0 bridgehead atoms. The fourth-order valence-corrected chi connectivity index (χ4v) is 3.47. The van der Waals surface area contributed by atoms with E-state index in [1.165, 1.54) is 25.5 Å². The third-order valence-corrected chi connectivity index (χ3v) is 4.62. The van der Waals surface area contributed by atoms with Gasteiger partial charge in [-0.3, -0.25) is 0 Å². The summed E-state index contributed by atoms with van der Waals surface area (Å²) in [5.74, 6) is 0. The van der Waals surface area contributed by atoms with Gasteiger partial charge >= 0.3 is 0 Å². The summed E-state index contributed by atoms with van der Waals surface area (Å²) < 4.78 is 5.58. The van der Waals surface area contributed by atoms with Gasteiger partial charge in [0, 0.05) is 25.0 Å². The van der Waals surface area contributed by atoms with Crippen LogP contribution in [0, 0.1) is 5.41 Å². The lowest BCUT2D eigenvalue weighted by Gasteiger charge is -2.40. The van der Waals surface area contributed by atoms with E-state index in [9.17, 15) is 4.79 Å². The first-order valence-electron chi connectivity index (χ1n) is 7.69. The van der Waals surface area contributed by atoms with Crippen LogP contribution in [-0.4, -0.2) is 55.2 Å². The highest BCUT2D eigenvalue weighted by molar-refractivity contribution is 5.60. The third-order valence-electron chi connectivity index (χ3n) is 4.62. The first kappa shape index (κ1) is 14.9. The van der Waals surface area contributed by atoms with Crippen LogP contribution in [0.3, 0.4) is 0 Å². The SMILES string of the molecule is O=CC1(CN2CCC(OCCO)CC2)CCCCC1. The molecule has 1 saturated carbocycles. The van der Waals surface area contributed by atoms with E-state index in [0.29, 0.717) is 12.7 Å². The zero-order chi connectivity index (χ0) is 13.6. The molecule has 0 radical (unpaired) electrons. The van der Waals surface area contributed by atoms with E-state index in [4.69, 9.17) is 9.84 Å². The van der Waals surface area contributed by atoms with Crippen LogP contribution in [0.5, 0.6) is 0 Å². The summed E-state index contributed by atoms with van der Waals surface area (Å²) in [5, 5.41) is 8.76. The number of carbonyl (C=O) groups is 1. The molecule has 0 aromatic rings. The monoisotopic (exact) mass is 269 g/mol. The average Bonchev–Trinajstić information content (AvgIpc) is 2.47. The number of rotatable bonds is 6. The highest BCUT2D eigenvalue weighted by atomic mass is 16.5. The van der Waals surface area contributed by atoms with Crippen LogP contribution in [0.1, 0.15) is 44.9 Å². The summed E-state index contributed by atoms with van der Waals surface area (Å²) in [5.41, 5.74) is -0.0724. The minimum atomic E-state index is -0.0724. The molecule has 4 heteroatoms. The van der Waals surface area contributed by atoms with Gasteiger partial charge in [0.2, 0.25) is 0 Å². The molecule has 1 aliphatic carbocycles. The Morgan fingerprint density at radius 2 is 1.89 bits per heavy atom. The van der Waals surface area contributed by atoms with E-state index in [0.717, 1.165) is 45.3 Å². The predicted molar refractivity (Wildman–Crippen MR) is 74.1 cm³/mol. The zero-order valence-electron chi connectivity index (χ0n) is 11.9. The molecule has 2 rings (SSSR count). The van der Waals surface area contributed by atoms with Crippen LogP contribution in [0.15, 0.2) is 0 Å². The molecule has 4 nitrogen and oxygen atoms in total. The van der Waals surface area contributed by atoms with Crippen LogP contribution >= 0.6 is 0 Å². The molecule has 0 aromatic carbocycles.